The fourth-order valence-corrected chi connectivity index (χ4v) is 3.87. The lowest BCUT2D eigenvalue weighted by Crippen LogP contribution is -2.29. The number of halogens is 1. The third-order valence-electron chi connectivity index (χ3n) is 4.97. The first kappa shape index (κ1) is 25.5. The largest absolute Gasteiger partial charge is 0.449 e. The van der Waals surface area contributed by atoms with Crippen LogP contribution in [-0.2, 0) is 11.2 Å². The van der Waals surface area contributed by atoms with Gasteiger partial charge in [0, 0.05) is 28.3 Å². The second-order valence-corrected chi connectivity index (χ2v) is 8.85. The molecular weight excluding hydrogens is 470 g/mol. The molecule has 0 saturated heterocycles. The lowest BCUT2D eigenvalue weighted by Gasteiger charge is -2.14. The molecule has 2 aromatic carbocycles. The van der Waals surface area contributed by atoms with E-state index in [0.29, 0.717) is 52.2 Å². The van der Waals surface area contributed by atoms with E-state index < -0.39 is 6.09 Å². The van der Waals surface area contributed by atoms with Crippen LogP contribution in [0.3, 0.4) is 0 Å². The molecule has 1 aliphatic rings. The van der Waals surface area contributed by atoms with Gasteiger partial charge in [-0.3, -0.25) is 10.1 Å². The van der Waals surface area contributed by atoms with Gasteiger partial charge in [-0.15, -0.1) is 0 Å². The van der Waals surface area contributed by atoms with Gasteiger partial charge >= 0.3 is 6.09 Å². The summed E-state index contributed by atoms with van der Waals surface area (Å²) in [5.74, 6) is -0.115. The number of amidine groups is 1. The highest BCUT2D eigenvalue weighted by Crippen LogP contribution is 2.26. The zero-order chi connectivity index (χ0) is 24.5. The number of allylic oxidation sites excluding steroid dienone is 4. The van der Waals surface area contributed by atoms with Crippen molar-refractivity contribution >= 4 is 51.8 Å². The maximum absolute atomic E-state index is 13.3. The third kappa shape index (κ3) is 7.17. The van der Waals surface area contributed by atoms with Crippen molar-refractivity contribution in [3.8, 4) is 0 Å². The number of aliphatic imine (C=N–C) groups is 1. The van der Waals surface area contributed by atoms with E-state index in [1.165, 1.54) is 11.8 Å². The topological polar surface area (TPSA) is 91.6 Å². The molecule has 176 valence electrons. The lowest BCUT2D eigenvalue weighted by molar-refractivity contribution is 0.103. The van der Waals surface area contributed by atoms with Gasteiger partial charge in [-0.2, -0.15) is 0 Å². The van der Waals surface area contributed by atoms with Crippen molar-refractivity contribution in [2.45, 2.75) is 26.2 Å². The Kier molecular flexibility index (Phi) is 9.24. The van der Waals surface area contributed by atoms with Crippen molar-refractivity contribution in [2.24, 2.45) is 4.99 Å². The SMILES string of the molecule is CCCOC(=O)NC(=Nc1ccc(C(=O)c2ccc(Cl)cc2)c(CC2=CC=CC(=N)C2)c1)SC. The van der Waals surface area contributed by atoms with Crippen LogP contribution < -0.4 is 5.32 Å². The van der Waals surface area contributed by atoms with Crippen LogP contribution in [0.4, 0.5) is 10.5 Å². The van der Waals surface area contributed by atoms with E-state index in [9.17, 15) is 9.59 Å². The number of carbonyl (C=O) groups is 2. The molecule has 1 amide bonds. The molecule has 0 unspecified atom stereocenters. The Morgan fingerprint density at radius 3 is 2.65 bits per heavy atom. The van der Waals surface area contributed by atoms with Gasteiger partial charge in [0.1, 0.15) is 0 Å². The van der Waals surface area contributed by atoms with Gasteiger partial charge in [0.2, 0.25) is 0 Å². The van der Waals surface area contributed by atoms with Crippen molar-refractivity contribution in [1.29, 1.82) is 5.41 Å². The van der Waals surface area contributed by atoms with Crippen LogP contribution in [0, 0.1) is 5.41 Å². The summed E-state index contributed by atoms with van der Waals surface area (Å²) in [6.45, 7) is 2.25. The van der Waals surface area contributed by atoms with Crippen LogP contribution in [0.5, 0.6) is 0 Å². The second-order valence-electron chi connectivity index (χ2n) is 7.62. The Bertz CT molecular complexity index is 1170. The summed E-state index contributed by atoms with van der Waals surface area (Å²) < 4.78 is 5.07. The minimum Gasteiger partial charge on any atom is -0.449 e. The molecule has 0 aromatic heterocycles. The molecule has 1 aliphatic carbocycles. The van der Waals surface area contributed by atoms with Gasteiger partial charge in [0.15, 0.2) is 11.0 Å². The molecule has 0 bridgehead atoms. The quantitative estimate of drug-likeness (QED) is 0.260. The fraction of sp³-hybridized carbons (Fsp3) is 0.231. The highest BCUT2D eigenvalue weighted by atomic mass is 35.5. The third-order valence-corrected chi connectivity index (χ3v) is 5.81. The van der Waals surface area contributed by atoms with Gasteiger partial charge in [-0.05, 0) is 73.2 Å². The number of carbonyl (C=O) groups excluding carboxylic acids is 2. The second kappa shape index (κ2) is 12.3. The number of hydrogen-bond acceptors (Lipinski definition) is 6. The number of nitrogens with one attached hydrogen (secondary N) is 2. The van der Waals surface area contributed by atoms with Crippen LogP contribution in [0.2, 0.25) is 5.02 Å². The molecule has 8 heteroatoms. The molecule has 0 aliphatic heterocycles. The van der Waals surface area contributed by atoms with Crippen LogP contribution in [-0.4, -0.2) is 35.6 Å². The first-order valence-electron chi connectivity index (χ1n) is 10.8. The first-order valence-corrected chi connectivity index (χ1v) is 12.4. The van der Waals surface area contributed by atoms with Gasteiger partial charge in [-0.25, -0.2) is 9.79 Å². The smallest absolute Gasteiger partial charge is 0.413 e. The minimum atomic E-state index is -0.553. The van der Waals surface area contributed by atoms with Gasteiger partial charge in [0.25, 0.3) is 0 Å². The van der Waals surface area contributed by atoms with E-state index in [-0.39, 0.29) is 5.78 Å². The van der Waals surface area contributed by atoms with E-state index in [4.69, 9.17) is 21.7 Å². The van der Waals surface area contributed by atoms with E-state index in [1.54, 1.807) is 42.5 Å². The number of amides is 1. The van der Waals surface area contributed by atoms with Gasteiger partial charge in [0.05, 0.1) is 12.3 Å². The van der Waals surface area contributed by atoms with E-state index in [1.807, 2.05) is 31.4 Å². The number of nitrogens with zero attached hydrogens (tertiary/aromatic N) is 1. The van der Waals surface area contributed by atoms with E-state index in [0.717, 1.165) is 17.6 Å². The van der Waals surface area contributed by atoms with E-state index in [2.05, 4.69) is 10.3 Å². The Balaban J connectivity index is 1.94. The normalized spacial score (nSPS) is 13.4. The molecule has 3 rings (SSSR count). The Labute approximate surface area is 208 Å². The molecule has 0 saturated carbocycles. The van der Waals surface area contributed by atoms with Crippen molar-refractivity contribution in [1.82, 2.24) is 5.32 Å². The summed E-state index contributed by atoms with van der Waals surface area (Å²) in [5, 5.41) is 11.6. The van der Waals surface area contributed by atoms with E-state index >= 15 is 0 Å². The molecule has 6 nitrogen and oxygen atoms in total. The molecule has 34 heavy (non-hydrogen) atoms. The van der Waals surface area contributed by atoms with Crippen LogP contribution in [0.15, 0.2) is 71.3 Å². The predicted molar refractivity (Wildman–Crippen MR) is 140 cm³/mol. The predicted octanol–water partition coefficient (Wildman–Crippen LogP) is 6.51. The first-order chi connectivity index (χ1) is 16.4. The maximum atomic E-state index is 13.3. The van der Waals surface area contributed by atoms with Crippen LogP contribution in [0.1, 0.15) is 41.3 Å². The minimum absolute atomic E-state index is 0.115. The standard InChI is InChI=1S/C26H26ClN3O3S/c1-3-13-33-26(32)30-25(34-2)29-22-11-12-23(24(31)18-7-9-20(27)10-8-18)19(16-22)14-17-5-4-6-21(28)15-17/h4-12,16,28H,3,13-15H2,1-2H3,(H,29,30,32). The lowest BCUT2D eigenvalue weighted by atomic mass is 9.90. The Morgan fingerprint density at radius 1 is 1.21 bits per heavy atom. The van der Waals surface area contributed by atoms with Crippen LogP contribution in [0.25, 0.3) is 0 Å². The number of ether oxygens (including phenoxy) is 1. The average Bonchev–Trinajstić information content (AvgIpc) is 2.82. The fourth-order valence-electron chi connectivity index (χ4n) is 3.36. The number of thioether (sulfide) groups is 1. The summed E-state index contributed by atoms with van der Waals surface area (Å²) >= 11 is 7.27. The van der Waals surface area contributed by atoms with Crippen molar-refractivity contribution in [3.05, 3.63) is 88.0 Å². The zero-order valence-electron chi connectivity index (χ0n) is 19.1. The highest BCUT2D eigenvalue weighted by Gasteiger charge is 2.17. The summed E-state index contributed by atoms with van der Waals surface area (Å²) in [6, 6.07) is 12.1. The molecule has 0 spiro atoms. The molecule has 2 aromatic rings. The maximum Gasteiger partial charge on any atom is 0.413 e. The summed E-state index contributed by atoms with van der Waals surface area (Å²) in [5.41, 5.74) is 4.05. The number of hydrogen-bond donors (Lipinski definition) is 2. The summed E-state index contributed by atoms with van der Waals surface area (Å²) in [7, 11) is 0. The summed E-state index contributed by atoms with van der Waals surface area (Å²) in [6.07, 6.45) is 8.60. The monoisotopic (exact) mass is 495 g/mol. The van der Waals surface area contributed by atoms with Crippen molar-refractivity contribution in [3.63, 3.8) is 0 Å². The van der Waals surface area contributed by atoms with Crippen LogP contribution >= 0.6 is 23.4 Å². The Hall–Kier alpha value is -3.16. The van der Waals surface area contributed by atoms with Crippen molar-refractivity contribution < 1.29 is 14.3 Å². The molecule has 0 radical (unpaired) electrons. The highest BCUT2D eigenvalue weighted by molar-refractivity contribution is 8.13. The Morgan fingerprint density at radius 2 is 1.97 bits per heavy atom. The number of benzene rings is 2. The zero-order valence-corrected chi connectivity index (χ0v) is 20.6. The van der Waals surface area contributed by atoms with Crippen molar-refractivity contribution in [2.75, 3.05) is 12.9 Å². The number of ketones is 1. The summed E-state index contributed by atoms with van der Waals surface area (Å²) in [4.78, 5) is 29.8. The molecule has 2 N–H and O–H groups in total. The molecule has 0 atom stereocenters. The average molecular weight is 496 g/mol. The van der Waals surface area contributed by atoms with Gasteiger partial charge in [-0.1, -0.05) is 48.0 Å². The molecule has 0 heterocycles. The number of alkyl carbamates (subject to hydrolysis) is 1. The van der Waals surface area contributed by atoms with Gasteiger partial charge < -0.3 is 10.1 Å². The number of rotatable bonds is 7. The molecular formula is C26H26ClN3O3S. The molecule has 0 fully saturated rings.